The third-order valence-corrected chi connectivity index (χ3v) is 9.62. The fourth-order valence-electron chi connectivity index (χ4n) is 3.89. The summed E-state index contributed by atoms with van der Waals surface area (Å²) < 4.78 is 58.2. The van der Waals surface area contributed by atoms with Crippen LogP contribution in [0.15, 0.2) is 57.2 Å². The lowest BCUT2D eigenvalue weighted by Crippen LogP contribution is -2.35. The summed E-state index contributed by atoms with van der Waals surface area (Å²) in [6, 6.07) is 10.2. The van der Waals surface area contributed by atoms with Crippen molar-refractivity contribution in [3.05, 3.63) is 52.8 Å². The minimum Gasteiger partial charge on any atom is -0.383 e. The molecule has 0 aliphatic carbocycles. The van der Waals surface area contributed by atoms with Crippen molar-refractivity contribution in [2.75, 3.05) is 26.8 Å². The number of primary sulfonamides is 1. The number of rotatable bonds is 7. The number of carbonyl (C=O) groups is 1. The van der Waals surface area contributed by atoms with Crippen molar-refractivity contribution in [3.8, 4) is 0 Å². The third-order valence-electron chi connectivity index (χ3n) is 5.75. The smallest absolute Gasteiger partial charge is 0.279 e. The van der Waals surface area contributed by atoms with Crippen LogP contribution in [-0.4, -0.2) is 58.4 Å². The first-order valence-corrected chi connectivity index (χ1v) is 14.8. The van der Waals surface area contributed by atoms with Gasteiger partial charge in [-0.25, -0.2) is 22.0 Å². The third kappa shape index (κ3) is 5.55. The van der Waals surface area contributed by atoms with Crippen molar-refractivity contribution in [2.45, 2.75) is 35.6 Å². The second kappa shape index (κ2) is 10.3. The molecule has 1 aromatic heterocycles. The highest BCUT2D eigenvalue weighted by Crippen LogP contribution is 2.23. The van der Waals surface area contributed by atoms with Gasteiger partial charge in [0.2, 0.25) is 20.0 Å². The molecule has 1 fully saturated rings. The first kappa shape index (κ1) is 25.7. The minimum atomic E-state index is -3.88. The maximum Gasteiger partial charge on any atom is 0.279 e. The molecule has 10 nitrogen and oxygen atoms in total. The molecule has 0 saturated carbocycles. The lowest BCUT2D eigenvalue weighted by atomic mass is 10.2. The molecule has 2 heterocycles. The molecule has 2 N–H and O–H groups in total. The topological polar surface area (TPSA) is 141 Å². The SMILES string of the molecule is COCCn1c(=NC(=O)c2ccc(S(=O)(=O)N3CCCCC3)cc2)sc2cc(S(N)(=O)=O)ccc21. The van der Waals surface area contributed by atoms with E-state index in [9.17, 15) is 21.6 Å². The highest BCUT2D eigenvalue weighted by atomic mass is 32.2. The molecular weight excluding hydrogens is 512 g/mol. The van der Waals surface area contributed by atoms with E-state index in [-0.39, 0.29) is 15.4 Å². The summed E-state index contributed by atoms with van der Waals surface area (Å²) in [5, 5.41) is 5.25. The molecule has 1 aliphatic heterocycles. The maximum absolute atomic E-state index is 12.9. The van der Waals surface area contributed by atoms with E-state index in [2.05, 4.69) is 4.99 Å². The Hall–Kier alpha value is -2.42. The number of nitrogens with zero attached hydrogens (tertiary/aromatic N) is 3. The van der Waals surface area contributed by atoms with Gasteiger partial charge in [-0.3, -0.25) is 4.79 Å². The molecule has 0 spiro atoms. The van der Waals surface area contributed by atoms with Gasteiger partial charge in [0.05, 0.1) is 26.6 Å². The van der Waals surface area contributed by atoms with Gasteiger partial charge in [0.15, 0.2) is 4.80 Å². The average Bonchev–Trinajstić information content (AvgIpc) is 3.18. The molecule has 188 valence electrons. The maximum atomic E-state index is 12.9. The van der Waals surface area contributed by atoms with Gasteiger partial charge in [-0.1, -0.05) is 17.8 Å². The Morgan fingerprint density at radius 3 is 2.31 bits per heavy atom. The summed E-state index contributed by atoms with van der Waals surface area (Å²) in [7, 11) is -5.93. The number of fused-ring (bicyclic) bond motifs is 1. The Bertz CT molecular complexity index is 1520. The first-order valence-electron chi connectivity index (χ1n) is 11.0. The van der Waals surface area contributed by atoms with Crippen molar-refractivity contribution in [2.24, 2.45) is 10.1 Å². The van der Waals surface area contributed by atoms with Gasteiger partial charge in [0.1, 0.15) is 0 Å². The molecule has 35 heavy (non-hydrogen) atoms. The van der Waals surface area contributed by atoms with Crippen molar-refractivity contribution in [1.82, 2.24) is 8.87 Å². The number of piperidine rings is 1. The van der Waals surface area contributed by atoms with Crippen LogP contribution in [0.3, 0.4) is 0 Å². The Labute approximate surface area is 207 Å². The van der Waals surface area contributed by atoms with Crippen molar-refractivity contribution >= 4 is 47.5 Å². The first-order chi connectivity index (χ1) is 16.6. The van der Waals surface area contributed by atoms with Crippen LogP contribution in [0, 0.1) is 0 Å². The molecule has 0 bridgehead atoms. The zero-order valence-corrected chi connectivity index (χ0v) is 21.5. The predicted octanol–water partition coefficient (Wildman–Crippen LogP) is 1.91. The lowest BCUT2D eigenvalue weighted by Gasteiger charge is -2.25. The number of hydrogen-bond acceptors (Lipinski definition) is 7. The highest BCUT2D eigenvalue weighted by molar-refractivity contribution is 7.89. The van der Waals surface area contributed by atoms with E-state index in [1.807, 2.05) is 0 Å². The fraction of sp³-hybridized carbons (Fsp3) is 0.364. The second-order valence-electron chi connectivity index (χ2n) is 8.11. The van der Waals surface area contributed by atoms with Crippen molar-refractivity contribution in [1.29, 1.82) is 0 Å². The van der Waals surface area contributed by atoms with Gasteiger partial charge >= 0.3 is 0 Å². The molecule has 0 unspecified atom stereocenters. The van der Waals surface area contributed by atoms with Crippen molar-refractivity contribution < 1.29 is 26.4 Å². The molecule has 1 saturated heterocycles. The van der Waals surface area contributed by atoms with Crippen LogP contribution in [-0.2, 0) is 31.3 Å². The van der Waals surface area contributed by atoms with E-state index >= 15 is 0 Å². The molecule has 1 amide bonds. The van der Waals surface area contributed by atoms with Gasteiger partial charge in [-0.05, 0) is 55.3 Å². The number of benzene rings is 2. The van der Waals surface area contributed by atoms with E-state index in [0.29, 0.717) is 41.3 Å². The number of hydrogen-bond donors (Lipinski definition) is 1. The number of thiazole rings is 1. The summed E-state index contributed by atoms with van der Waals surface area (Å²) in [4.78, 5) is 17.6. The average molecular weight is 539 g/mol. The van der Waals surface area contributed by atoms with Gasteiger partial charge in [-0.2, -0.15) is 9.30 Å². The van der Waals surface area contributed by atoms with E-state index in [1.54, 1.807) is 17.7 Å². The molecule has 1 aliphatic rings. The molecular formula is C22H26N4O6S3. The zero-order chi connectivity index (χ0) is 25.2. The standard InChI is InChI=1S/C22H26N4O6S3/c1-32-14-13-26-19-10-9-18(34(23,28)29)15-20(19)33-22(26)24-21(27)16-5-7-17(8-6-16)35(30,31)25-11-3-2-4-12-25/h5-10,15H,2-4,11-14H2,1H3,(H2,23,28,29). The van der Waals surface area contributed by atoms with Crippen LogP contribution in [0.25, 0.3) is 10.2 Å². The monoisotopic (exact) mass is 538 g/mol. The summed E-state index contributed by atoms with van der Waals surface area (Å²) in [5.41, 5.74) is 0.928. The molecule has 2 aromatic carbocycles. The van der Waals surface area contributed by atoms with Crippen LogP contribution >= 0.6 is 11.3 Å². The largest absolute Gasteiger partial charge is 0.383 e. The highest BCUT2D eigenvalue weighted by Gasteiger charge is 2.26. The van der Waals surface area contributed by atoms with Crippen LogP contribution < -0.4 is 9.94 Å². The number of carbonyl (C=O) groups excluding carboxylic acids is 1. The Kier molecular flexibility index (Phi) is 7.54. The Morgan fingerprint density at radius 2 is 1.69 bits per heavy atom. The predicted molar refractivity (Wildman–Crippen MR) is 132 cm³/mol. The second-order valence-corrected chi connectivity index (χ2v) is 12.6. The number of amides is 1. The molecule has 0 atom stereocenters. The van der Waals surface area contributed by atoms with Crippen LogP contribution in [0.2, 0.25) is 0 Å². The number of ether oxygens (including phenoxy) is 1. The molecule has 0 radical (unpaired) electrons. The number of methoxy groups -OCH3 is 1. The quantitative estimate of drug-likeness (QED) is 0.487. The molecule has 3 aromatic rings. The van der Waals surface area contributed by atoms with Crippen LogP contribution in [0.4, 0.5) is 0 Å². The van der Waals surface area contributed by atoms with Gasteiger partial charge in [0, 0.05) is 32.3 Å². The number of aromatic nitrogens is 1. The molecule has 4 rings (SSSR count). The Balaban J connectivity index is 1.68. The summed E-state index contributed by atoms with van der Waals surface area (Å²) >= 11 is 1.15. The van der Waals surface area contributed by atoms with E-state index in [4.69, 9.17) is 9.88 Å². The number of sulfonamides is 2. The van der Waals surface area contributed by atoms with Crippen LogP contribution in [0.5, 0.6) is 0 Å². The van der Waals surface area contributed by atoms with Gasteiger partial charge < -0.3 is 9.30 Å². The lowest BCUT2D eigenvalue weighted by molar-refractivity contribution is 0.0997. The summed E-state index contributed by atoms with van der Waals surface area (Å²) in [6.07, 6.45) is 2.70. The Morgan fingerprint density at radius 1 is 1.03 bits per heavy atom. The minimum absolute atomic E-state index is 0.0338. The van der Waals surface area contributed by atoms with Gasteiger partial charge in [0.25, 0.3) is 5.91 Å². The summed E-state index contributed by atoms with van der Waals surface area (Å²) in [5.74, 6) is -0.545. The van der Waals surface area contributed by atoms with E-state index in [0.717, 1.165) is 30.6 Å². The normalized spacial score (nSPS) is 16.1. The molecule has 13 heteroatoms. The van der Waals surface area contributed by atoms with Crippen molar-refractivity contribution in [3.63, 3.8) is 0 Å². The summed E-state index contributed by atoms with van der Waals surface area (Å²) in [6.45, 7) is 1.75. The fourth-order valence-corrected chi connectivity index (χ4v) is 7.12. The van der Waals surface area contributed by atoms with Crippen LogP contribution in [0.1, 0.15) is 29.6 Å². The van der Waals surface area contributed by atoms with E-state index in [1.165, 1.54) is 40.7 Å². The van der Waals surface area contributed by atoms with E-state index < -0.39 is 26.0 Å². The number of nitrogens with two attached hydrogens (primary N) is 1. The zero-order valence-electron chi connectivity index (χ0n) is 19.1. The van der Waals surface area contributed by atoms with Gasteiger partial charge in [-0.15, -0.1) is 0 Å².